The number of nitrogens with zero attached hydrogens (tertiary/aromatic N) is 6. The second kappa shape index (κ2) is 6.95. The van der Waals surface area contributed by atoms with E-state index in [0.29, 0.717) is 29.7 Å². The zero-order valence-electron chi connectivity index (χ0n) is 16.0. The minimum Gasteiger partial charge on any atom is -0.352 e. The third-order valence-corrected chi connectivity index (χ3v) is 4.62. The lowest BCUT2D eigenvalue weighted by Crippen LogP contribution is -2.28. The lowest BCUT2D eigenvalue weighted by molar-refractivity contribution is 0.0937. The fourth-order valence-corrected chi connectivity index (χ4v) is 2.85. The molecule has 0 saturated heterocycles. The summed E-state index contributed by atoms with van der Waals surface area (Å²) in [7, 11) is 5.35. The summed E-state index contributed by atoms with van der Waals surface area (Å²) in [5.74, 6) is 0.431. The number of hydrogen-bond donors (Lipinski definition) is 2. The van der Waals surface area contributed by atoms with Crippen LogP contribution in [0.3, 0.4) is 0 Å². The monoisotopic (exact) mass is 382 g/mol. The summed E-state index contributed by atoms with van der Waals surface area (Å²) in [6.07, 6.45) is 5.37. The molecule has 0 spiro atoms. The minimum atomic E-state index is -0.413. The van der Waals surface area contributed by atoms with Crippen LogP contribution >= 0.6 is 0 Å². The molecule has 0 aromatic carbocycles. The minimum absolute atomic E-state index is 0.209. The van der Waals surface area contributed by atoms with Gasteiger partial charge in [-0.25, -0.2) is 4.52 Å². The molecular weight excluding hydrogens is 360 g/mol. The molecule has 3 heterocycles. The summed E-state index contributed by atoms with van der Waals surface area (Å²) in [5, 5.41) is 14.1. The van der Waals surface area contributed by atoms with Gasteiger partial charge in [0.2, 0.25) is 5.95 Å². The number of nitrogens with one attached hydrogen (secondary N) is 2. The number of fused-ring (bicyclic) bond motifs is 1. The molecule has 10 nitrogen and oxygen atoms in total. The highest BCUT2D eigenvalue weighted by Gasteiger charge is 2.25. The maximum atomic E-state index is 12.8. The molecule has 2 amide bonds. The van der Waals surface area contributed by atoms with E-state index in [2.05, 4.69) is 25.8 Å². The van der Waals surface area contributed by atoms with Crippen LogP contribution in [0, 0.1) is 5.92 Å². The van der Waals surface area contributed by atoms with E-state index in [0.717, 1.165) is 12.8 Å². The highest BCUT2D eigenvalue weighted by atomic mass is 16.2. The predicted octanol–water partition coefficient (Wildman–Crippen LogP) is 0.921. The normalized spacial score (nSPS) is 13.5. The summed E-state index contributed by atoms with van der Waals surface area (Å²) >= 11 is 0. The number of rotatable bonds is 6. The number of amides is 2. The number of carbonyl (C=O) groups excluding carboxylic acids is 2. The molecule has 3 aromatic heterocycles. The molecule has 0 radical (unpaired) electrons. The zero-order valence-corrected chi connectivity index (χ0v) is 16.0. The smallest absolute Gasteiger partial charge is 0.274 e. The topological polar surface area (TPSA) is 109 Å². The van der Waals surface area contributed by atoms with Gasteiger partial charge < -0.3 is 15.5 Å². The van der Waals surface area contributed by atoms with E-state index in [4.69, 9.17) is 0 Å². The first-order valence-corrected chi connectivity index (χ1v) is 9.07. The van der Waals surface area contributed by atoms with Gasteiger partial charge in [0, 0.05) is 27.7 Å². The second-order valence-electron chi connectivity index (χ2n) is 7.16. The molecule has 3 aromatic rings. The lowest BCUT2D eigenvalue weighted by Gasteiger charge is -2.08. The number of aryl methyl sites for hydroxylation is 1. The fraction of sp³-hybridized carbons (Fsp3) is 0.389. The number of hydrogen-bond acceptors (Lipinski definition) is 6. The largest absolute Gasteiger partial charge is 0.352 e. The predicted molar refractivity (Wildman–Crippen MR) is 104 cm³/mol. The first-order chi connectivity index (χ1) is 13.4. The standard InChI is InChI=1S/C18H22N8O2/c1-24(2)18-22-14-7-6-12(10-26(14)23-18)21-17(28)15-13(9-20-25(15)3)16(27)19-8-11-4-5-11/h6-7,9-11H,4-5,8H2,1-3H3,(H,19,27)(H,21,28). The van der Waals surface area contributed by atoms with E-state index in [1.807, 2.05) is 14.1 Å². The Kier molecular flexibility index (Phi) is 4.46. The van der Waals surface area contributed by atoms with Crippen molar-refractivity contribution in [2.75, 3.05) is 30.9 Å². The number of anilines is 2. The van der Waals surface area contributed by atoms with Crippen molar-refractivity contribution >= 4 is 29.1 Å². The maximum absolute atomic E-state index is 12.8. The van der Waals surface area contributed by atoms with Crippen LogP contribution in [0.1, 0.15) is 33.7 Å². The van der Waals surface area contributed by atoms with Gasteiger partial charge in [-0.1, -0.05) is 0 Å². The quantitative estimate of drug-likeness (QED) is 0.656. The Bertz CT molecular complexity index is 1050. The Morgan fingerprint density at radius 1 is 1.25 bits per heavy atom. The van der Waals surface area contributed by atoms with E-state index < -0.39 is 5.91 Å². The third kappa shape index (κ3) is 3.53. The molecule has 10 heteroatoms. The first kappa shape index (κ1) is 18.0. The lowest BCUT2D eigenvalue weighted by atomic mass is 10.2. The van der Waals surface area contributed by atoms with E-state index in [-0.39, 0.29) is 17.2 Å². The zero-order chi connectivity index (χ0) is 19.8. The summed E-state index contributed by atoms with van der Waals surface area (Å²) in [4.78, 5) is 31.4. The van der Waals surface area contributed by atoms with Crippen molar-refractivity contribution in [3.63, 3.8) is 0 Å². The molecule has 0 aliphatic heterocycles. The van der Waals surface area contributed by atoms with Crippen molar-refractivity contribution in [3.8, 4) is 0 Å². The van der Waals surface area contributed by atoms with Crippen LogP contribution in [-0.2, 0) is 7.05 Å². The van der Waals surface area contributed by atoms with E-state index >= 15 is 0 Å². The summed E-state index contributed by atoms with van der Waals surface area (Å²) in [6, 6.07) is 3.51. The summed E-state index contributed by atoms with van der Waals surface area (Å²) < 4.78 is 3.00. The van der Waals surface area contributed by atoms with Crippen LogP contribution in [0.15, 0.2) is 24.5 Å². The van der Waals surface area contributed by atoms with E-state index in [9.17, 15) is 9.59 Å². The van der Waals surface area contributed by atoms with Crippen LogP contribution in [0.4, 0.5) is 11.6 Å². The summed E-state index contributed by atoms with van der Waals surface area (Å²) in [5.41, 5.74) is 1.68. The molecule has 28 heavy (non-hydrogen) atoms. The number of pyridine rings is 1. The average molecular weight is 382 g/mol. The van der Waals surface area contributed by atoms with Gasteiger partial charge in [-0.2, -0.15) is 10.1 Å². The molecule has 1 fully saturated rings. The SMILES string of the molecule is CN(C)c1nc2ccc(NC(=O)c3c(C(=O)NCC4CC4)cnn3C)cn2n1. The van der Waals surface area contributed by atoms with Crippen LogP contribution in [0.2, 0.25) is 0 Å². The van der Waals surface area contributed by atoms with Gasteiger partial charge in [-0.3, -0.25) is 14.3 Å². The van der Waals surface area contributed by atoms with Crippen molar-refractivity contribution in [2.45, 2.75) is 12.8 Å². The van der Waals surface area contributed by atoms with Gasteiger partial charge >= 0.3 is 0 Å². The molecule has 0 unspecified atom stereocenters. The molecule has 146 valence electrons. The first-order valence-electron chi connectivity index (χ1n) is 9.07. The van der Waals surface area contributed by atoms with Crippen molar-refractivity contribution in [1.29, 1.82) is 0 Å². The van der Waals surface area contributed by atoms with Crippen molar-refractivity contribution in [2.24, 2.45) is 13.0 Å². The van der Waals surface area contributed by atoms with Gasteiger partial charge in [0.15, 0.2) is 5.65 Å². The highest BCUT2D eigenvalue weighted by molar-refractivity contribution is 6.11. The molecule has 1 aliphatic rings. The molecule has 2 N–H and O–H groups in total. The van der Waals surface area contributed by atoms with Crippen molar-refractivity contribution in [3.05, 3.63) is 35.8 Å². The van der Waals surface area contributed by atoms with E-state index in [1.54, 1.807) is 34.8 Å². The van der Waals surface area contributed by atoms with Crippen LogP contribution in [-0.4, -0.2) is 56.8 Å². The molecule has 0 bridgehead atoms. The van der Waals surface area contributed by atoms with Crippen molar-refractivity contribution in [1.82, 2.24) is 29.7 Å². The van der Waals surface area contributed by atoms with Gasteiger partial charge in [-0.15, -0.1) is 5.10 Å². The number of carbonyl (C=O) groups is 2. The van der Waals surface area contributed by atoms with Crippen molar-refractivity contribution < 1.29 is 9.59 Å². The number of aromatic nitrogens is 5. The Hall–Kier alpha value is -3.43. The van der Waals surface area contributed by atoms with E-state index in [1.165, 1.54) is 10.9 Å². The maximum Gasteiger partial charge on any atom is 0.274 e. The molecular formula is C18H22N8O2. The molecule has 0 atom stereocenters. The Morgan fingerprint density at radius 3 is 2.75 bits per heavy atom. The fourth-order valence-electron chi connectivity index (χ4n) is 2.85. The van der Waals surface area contributed by atoms with Gasteiger partial charge in [-0.05, 0) is 30.9 Å². The van der Waals surface area contributed by atoms with Gasteiger partial charge in [0.1, 0.15) is 5.69 Å². The van der Waals surface area contributed by atoms with Gasteiger partial charge in [0.25, 0.3) is 11.8 Å². The third-order valence-electron chi connectivity index (χ3n) is 4.62. The molecule has 4 rings (SSSR count). The molecule has 1 saturated carbocycles. The van der Waals surface area contributed by atoms with Gasteiger partial charge in [0.05, 0.1) is 23.6 Å². The van der Waals surface area contributed by atoms with Crippen LogP contribution < -0.4 is 15.5 Å². The highest BCUT2D eigenvalue weighted by Crippen LogP contribution is 2.27. The van der Waals surface area contributed by atoms with Crippen LogP contribution in [0.25, 0.3) is 5.65 Å². The Labute approximate surface area is 161 Å². The average Bonchev–Trinajstić information content (AvgIpc) is 3.25. The Morgan fingerprint density at radius 2 is 2.04 bits per heavy atom. The summed E-state index contributed by atoms with van der Waals surface area (Å²) in [6.45, 7) is 0.631. The molecule has 1 aliphatic carbocycles. The Balaban J connectivity index is 1.54. The van der Waals surface area contributed by atoms with Crippen LogP contribution in [0.5, 0.6) is 0 Å². The second-order valence-corrected chi connectivity index (χ2v) is 7.16.